The van der Waals surface area contributed by atoms with E-state index < -0.39 is 29.6 Å². The Morgan fingerprint density at radius 1 is 1.12 bits per heavy atom. The van der Waals surface area contributed by atoms with E-state index in [4.69, 9.17) is 14.2 Å². The molecular weight excluding hydrogens is 428 g/mol. The summed E-state index contributed by atoms with van der Waals surface area (Å²) in [7, 11) is 1.71. The van der Waals surface area contributed by atoms with Gasteiger partial charge in [-0.25, -0.2) is 19.3 Å². The third kappa shape index (κ3) is 4.11. The second-order valence-corrected chi connectivity index (χ2v) is 8.29. The van der Waals surface area contributed by atoms with Crippen molar-refractivity contribution in [2.45, 2.75) is 39.4 Å². The first-order valence-corrected chi connectivity index (χ1v) is 10.3. The fourth-order valence-electron chi connectivity index (χ4n) is 3.91. The van der Waals surface area contributed by atoms with Crippen molar-refractivity contribution in [2.24, 2.45) is 13.0 Å². The highest BCUT2D eigenvalue weighted by Gasteiger charge is 2.51. The number of hydrogen-bond donors (Lipinski definition) is 0. The summed E-state index contributed by atoms with van der Waals surface area (Å²) < 4.78 is 18.9. The molecule has 1 aromatic carbocycles. The smallest absolute Gasteiger partial charge is 0.324 e. The number of hydrogen-bond acceptors (Lipinski definition) is 8. The van der Waals surface area contributed by atoms with Gasteiger partial charge < -0.3 is 19.4 Å². The number of ether oxygens (including phenoxy) is 3. The molecule has 10 heteroatoms. The Bertz CT molecular complexity index is 1180. The molecule has 0 unspecified atom stereocenters. The third-order valence-corrected chi connectivity index (χ3v) is 5.66. The van der Waals surface area contributed by atoms with Crippen molar-refractivity contribution in [1.29, 1.82) is 0 Å². The van der Waals surface area contributed by atoms with Crippen LogP contribution >= 0.6 is 0 Å². The molecule has 0 N–H and O–H groups in total. The number of esters is 2. The minimum Gasteiger partial charge on any atom is -0.711 e. The van der Waals surface area contributed by atoms with Crippen LogP contribution in [0.4, 0.5) is 0 Å². The third-order valence-electron chi connectivity index (χ3n) is 5.66. The second-order valence-electron chi connectivity index (χ2n) is 8.29. The van der Waals surface area contributed by atoms with Gasteiger partial charge in [-0.1, -0.05) is 12.1 Å². The molecule has 0 saturated carbocycles. The van der Waals surface area contributed by atoms with Crippen LogP contribution in [0.2, 0.25) is 0 Å². The molecule has 1 atom stereocenters. The van der Waals surface area contributed by atoms with Crippen molar-refractivity contribution in [3.63, 3.8) is 0 Å². The highest BCUT2D eigenvalue weighted by Crippen LogP contribution is 2.38. The van der Waals surface area contributed by atoms with E-state index in [1.54, 1.807) is 68.2 Å². The minimum absolute atomic E-state index is 0.133. The normalized spacial score (nSPS) is 16.8. The Morgan fingerprint density at radius 3 is 2.33 bits per heavy atom. The van der Waals surface area contributed by atoms with Gasteiger partial charge in [-0.05, 0) is 23.8 Å². The summed E-state index contributed by atoms with van der Waals surface area (Å²) in [6, 6.07) is 8.52. The first-order valence-electron chi connectivity index (χ1n) is 10.3. The molecule has 0 bridgehead atoms. The summed E-state index contributed by atoms with van der Waals surface area (Å²) in [5, 5.41) is 13.1. The number of nitrogens with zero attached hydrogens (tertiary/aromatic N) is 4. The van der Waals surface area contributed by atoms with Crippen LogP contribution < -0.4 is 9.47 Å². The van der Waals surface area contributed by atoms with Gasteiger partial charge in [0.15, 0.2) is 5.92 Å². The standard InChI is InChI=1S/C23H24N4O6/c1-13-14(2)27(30)19(26(13)5)17(18-20(28)32-23(3,4)33-21(18)29)15-8-6-9-16(12-15)31-22-24-10-7-11-25-22/h6-12,17-18H,1-5H3/t17-/m1/s1. The molecule has 0 aliphatic carbocycles. The average Bonchev–Trinajstić information content (AvgIpc) is 2.94. The molecule has 0 radical (unpaired) electrons. The highest BCUT2D eigenvalue weighted by molar-refractivity contribution is 5.98. The van der Waals surface area contributed by atoms with Crippen LogP contribution in [-0.2, 0) is 26.1 Å². The highest BCUT2D eigenvalue weighted by atomic mass is 16.7. The van der Waals surface area contributed by atoms with E-state index in [1.165, 1.54) is 13.8 Å². The maximum atomic E-state index is 13.1. The van der Waals surface area contributed by atoms with E-state index >= 15 is 0 Å². The summed E-state index contributed by atoms with van der Waals surface area (Å²) in [6.07, 6.45) is 3.08. The zero-order valence-electron chi connectivity index (χ0n) is 18.9. The van der Waals surface area contributed by atoms with Gasteiger partial charge in [0.05, 0.1) is 7.05 Å². The molecule has 3 aromatic rings. The molecule has 1 aliphatic rings. The Kier molecular flexibility index (Phi) is 5.52. The Hall–Kier alpha value is -3.95. The quantitative estimate of drug-likeness (QED) is 0.251. The van der Waals surface area contributed by atoms with Gasteiger partial charge in [-0.2, -0.15) is 0 Å². The lowest BCUT2D eigenvalue weighted by molar-refractivity contribution is -0.621. The fraction of sp³-hybridized carbons (Fsp3) is 0.348. The van der Waals surface area contributed by atoms with Crippen molar-refractivity contribution >= 4 is 11.9 Å². The largest absolute Gasteiger partial charge is 0.711 e. The van der Waals surface area contributed by atoms with Crippen molar-refractivity contribution in [3.8, 4) is 11.8 Å². The first kappa shape index (κ1) is 22.3. The molecule has 1 saturated heterocycles. The molecule has 3 heterocycles. The molecule has 0 spiro atoms. The van der Waals surface area contributed by atoms with Crippen molar-refractivity contribution in [3.05, 3.63) is 70.7 Å². The first-order chi connectivity index (χ1) is 15.6. The van der Waals surface area contributed by atoms with Crippen LogP contribution in [0.15, 0.2) is 42.7 Å². The van der Waals surface area contributed by atoms with E-state index in [0.717, 1.165) is 4.73 Å². The van der Waals surface area contributed by atoms with Gasteiger partial charge in [0.25, 0.3) is 11.6 Å². The van der Waals surface area contributed by atoms with E-state index in [2.05, 4.69) is 9.97 Å². The van der Waals surface area contributed by atoms with Crippen LogP contribution in [0.1, 0.15) is 42.5 Å². The summed E-state index contributed by atoms with van der Waals surface area (Å²) in [6.45, 7) is 6.42. The zero-order valence-corrected chi connectivity index (χ0v) is 18.9. The molecule has 1 aliphatic heterocycles. The van der Waals surface area contributed by atoms with E-state index in [-0.39, 0.29) is 11.8 Å². The number of carbonyl (C=O) groups is 2. The number of benzene rings is 1. The predicted octanol–water partition coefficient (Wildman–Crippen LogP) is 2.44. The second kappa shape index (κ2) is 8.19. The summed E-state index contributed by atoms with van der Waals surface area (Å²) in [5.74, 6) is -4.72. The van der Waals surface area contributed by atoms with Crippen LogP contribution in [0.25, 0.3) is 0 Å². The summed E-state index contributed by atoms with van der Waals surface area (Å²) >= 11 is 0. The maximum absolute atomic E-state index is 13.1. The monoisotopic (exact) mass is 452 g/mol. The van der Waals surface area contributed by atoms with Crippen LogP contribution in [0.3, 0.4) is 0 Å². The molecule has 10 nitrogen and oxygen atoms in total. The van der Waals surface area contributed by atoms with E-state index in [1.807, 2.05) is 0 Å². The number of rotatable bonds is 5. The number of carbonyl (C=O) groups excluding carboxylic acids is 2. The number of aromatic nitrogens is 4. The minimum atomic E-state index is -1.39. The average molecular weight is 452 g/mol. The van der Waals surface area contributed by atoms with Gasteiger partial charge in [0, 0.05) is 40.1 Å². The van der Waals surface area contributed by atoms with Gasteiger partial charge in [-0.15, -0.1) is 0 Å². The Labute approximate surface area is 190 Å². The Balaban J connectivity index is 1.84. The lowest BCUT2D eigenvalue weighted by Gasteiger charge is -2.35. The van der Waals surface area contributed by atoms with Gasteiger partial charge in [-0.3, -0.25) is 9.59 Å². The van der Waals surface area contributed by atoms with Crippen LogP contribution in [-0.4, -0.2) is 32.3 Å². The van der Waals surface area contributed by atoms with Crippen LogP contribution in [0, 0.1) is 25.0 Å². The lowest BCUT2D eigenvalue weighted by atomic mass is 9.84. The summed E-state index contributed by atoms with van der Waals surface area (Å²) in [5.41, 5.74) is 1.65. The molecule has 1 fully saturated rings. The predicted molar refractivity (Wildman–Crippen MR) is 114 cm³/mol. The molecule has 4 rings (SSSR count). The van der Waals surface area contributed by atoms with Gasteiger partial charge in [0.2, 0.25) is 0 Å². The Morgan fingerprint density at radius 2 is 1.76 bits per heavy atom. The topological polar surface area (TPSA) is 119 Å². The molecule has 33 heavy (non-hydrogen) atoms. The molecular formula is C23H24N4O6. The fourth-order valence-corrected chi connectivity index (χ4v) is 3.91. The number of cyclic esters (lactones) is 2. The van der Waals surface area contributed by atoms with Gasteiger partial charge >= 0.3 is 17.9 Å². The van der Waals surface area contributed by atoms with Gasteiger partial charge in [0.1, 0.15) is 23.1 Å². The van der Waals surface area contributed by atoms with Crippen molar-refractivity contribution in [2.75, 3.05) is 0 Å². The van der Waals surface area contributed by atoms with Crippen molar-refractivity contribution < 1.29 is 28.5 Å². The number of imidazole rings is 1. The van der Waals surface area contributed by atoms with Crippen molar-refractivity contribution in [1.82, 2.24) is 14.5 Å². The van der Waals surface area contributed by atoms with E-state index in [9.17, 15) is 14.8 Å². The molecule has 172 valence electrons. The zero-order chi connectivity index (χ0) is 23.9. The lowest BCUT2D eigenvalue weighted by Crippen LogP contribution is -2.50. The molecule has 0 amide bonds. The SMILES string of the molecule is Cc1c(C)[n+]([O-])c([C@H](c2cccc(Oc3ncccn3)c2)C2C(=O)OC(C)(C)OC2=O)n1C. The summed E-state index contributed by atoms with van der Waals surface area (Å²) in [4.78, 5) is 34.1. The molecule has 2 aromatic heterocycles. The van der Waals surface area contributed by atoms with Crippen LogP contribution in [0.5, 0.6) is 11.8 Å². The van der Waals surface area contributed by atoms with E-state index in [0.29, 0.717) is 22.7 Å². The maximum Gasteiger partial charge on any atom is 0.324 e.